The molecule has 9 nitrogen and oxygen atoms in total. The average Bonchev–Trinajstić information content (AvgIpc) is 2.30. The summed E-state index contributed by atoms with van der Waals surface area (Å²) in [6.07, 6.45) is 0. The van der Waals surface area contributed by atoms with Crippen molar-refractivity contribution in [3.05, 3.63) is 44.5 Å². The Morgan fingerprint density at radius 3 is 2.00 bits per heavy atom. The predicted molar refractivity (Wildman–Crippen MR) is 61.9 cm³/mol. The molecule has 0 unspecified atom stereocenters. The number of hydrogen-bond acceptors (Lipinski definition) is 7. The molecule has 0 fully saturated rings. The SMILES string of the molecule is C=C(C)C(=O)Oc1cc([N+](=O)[O-])c(O)c([N+](=O)[O-])c1. The molecule has 0 atom stereocenters. The van der Waals surface area contributed by atoms with Gasteiger partial charge < -0.3 is 9.84 Å². The maximum Gasteiger partial charge on any atom is 0.338 e. The summed E-state index contributed by atoms with van der Waals surface area (Å²) in [5, 5.41) is 30.6. The minimum atomic E-state index is -1.11. The van der Waals surface area contributed by atoms with E-state index < -0.39 is 38.7 Å². The molecule has 19 heavy (non-hydrogen) atoms. The zero-order valence-electron chi connectivity index (χ0n) is 9.65. The molecule has 0 aliphatic rings. The maximum absolute atomic E-state index is 11.2. The van der Waals surface area contributed by atoms with E-state index in [4.69, 9.17) is 0 Å². The van der Waals surface area contributed by atoms with Crippen molar-refractivity contribution in [3.8, 4) is 11.5 Å². The lowest BCUT2D eigenvalue weighted by molar-refractivity contribution is -0.396. The van der Waals surface area contributed by atoms with Gasteiger partial charge in [-0.3, -0.25) is 20.2 Å². The van der Waals surface area contributed by atoms with E-state index in [1.54, 1.807) is 0 Å². The molecule has 0 spiro atoms. The summed E-state index contributed by atoms with van der Waals surface area (Å²) in [4.78, 5) is 30.4. The molecule has 0 aliphatic carbocycles. The predicted octanol–water partition coefficient (Wildman–Crippen LogP) is 1.69. The third-order valence-electron chi connectivity index (χ3n) is 2.00. The van der Waals surface area contributed by atoms with Gasteiger partial charge in [-0.25, -0.2) is 4.79 Å². The first-order chi connectivity index (χ1) is 8.73. The Hall–Kier alpha value is -2.97. The van der Waals surface area contributed by atoms with E-state index in [1.807, 2.05) is 0 Å². The monoisotopic (exact) mass is 268 g/mol. The van der Waals surface area contributed by atoms with Crippen LogP contribution in [0.2, 0.25) is 0 Å². The van der Waals surface area contributed by atoms with Crippen LogP contribution in [0.15, 0.2) is 24.3 Å². The van der Waals surface area contributed by atoms with Crippen LogP contribution in [0.5, 0.6) is 11.5 Å². The molecule has 9 heteroatoms. The summed E-state index contributed by atoms with van der Waals surface area (Å²) in [5.74, 6) is -2.43. The molecule has 100 valence electrons. The van der Waals surface area contributed by atoms with Crippen molar-refractivity contribution in [2.45, 2.75) is 6.92 Å². The molecular formula is C10H8N2O7. The van der Waals surface area contributed by atoms with E-state index in [9.17, 15) is 30.1 Å². The summed E-state index contributed by atoms with van der Waals surface area (Å²) < 4.78 is 4.65. The fraction of sp³-hybridized carbons (Fsp3) is 0.100. The van der Waals surface area contributed by atoms with Gasteiger partial charge in [0.15, 0.2) is 0 Å². The second-order valence-corrected chi connectivity index (χ2v) is 3.49. The van der Waals surface area contributed by atoms with E-state index in [-0.39, 0.29) is 5.57 Å². The molecule has 0 saturated carbocycles. The molecule has 0 radical (unpaired) electrons. The third kappa shape index (κ3) is 3.03. The lowest BCUT2D eigenvalue weighted by atomic mass is 10.2. The first-order valence-electron chi connectivity index (χ1n) is 4.77. The summed E-state index contributed by atoms with van der Waals surface area (Å²) >= 11 is 0. The molecule has 0 aromatic heterocycles. The van der Waals surface area contributed by atoms with Crippen LogP contribution in [0.25, 0.3) is 0 Å². The van der Waals surface area contributed by atoms with Gasteiger partial charge >= 0.3 is 17.3 Å². The van der Waals surface area contributed by atoms with Gasteiger partial charge in [0.05, 0.1) is 22.0 Å². The second-order valence-electron chi connectivity index (χ2n) is 3.49. The molecule has 1 aromatic carbocycles. The first-order valence-corrected chi connectivity index (χ1v) is 4.77. The van der Waals surface area contributed by atoms with Crippen LogP contribution in [0.4, 0.5) is 11.4 Å². The van der Waals surface area contributed by atoms with Crippen LogP contribution >= 0.6 is 0 Å². The number of nitro groups is 2. The Balaban J connectivity index is 3.34. The number of ether oxygens (including phenoxy) is 1. The topological polar surface area (TPSA) is 133 Å². The van der Waals surface area contributed by atoms with Gasteiger partial charge in [-0.2, -0.15) is 0 Å². The zero-order chi connectivity index (χ0) is 14.7. The maximum atomic E-state index is 11.2. The van der Waals surface area contributed by atoms with Crippen LogP contribution in [-0.4, -0.2) is 20.9 Å². The number of carbonyl (C=O) groups excluding carboxylic acids is 1. The first kappa shape index (κ1) is 14.1. The van der Waals surface area contributed by atoms with Crippen molar-refractivity contribution < 1.29 is 24.5 Å². The summed E-state index contributed by atoms with van der Waals surface area (Å²) in [5.41, 5.74) is -1.85. The number of aromatic hydroxyl groups is 1. The fourth-order valence-electron chi connectivity index (χ4n) is 1.11. The summed E-state index contributed by atoms with van der Waals surface area (Å²) in [6, 6.07) is 1.42. The van der Waals surface area contributed by atoms with Gasteiger partial charge in [0, 0.05) is 5.57 Å². The van der Waals surface area contributed by atoms with Crippen LogP contribution in [0, 0.1) is 20.2 Å². The van der Waals surface area contributed by atoms with Crippen molar-refractivity contribution in [3.63, 3.8) is 0 Å². The third-order valence-corrected chi connectivity index (χ3v) is 2.00. The van der Waals surface area contributed by atoms with E-state index in [2.05, 4.69) is 11.3 Å². The van der Waals surface area contributed by atoms with Crippen LogP contribution in [0.3, 0.4) is 0 Å². The molecule has 1 rings (SSSR count). The highest BCUT2D eigenvalue weighted by atomic mass is 16.6. The highest BCUT2D eigenvalue weighted by molar-refractivity contribution is 5.89. The van der Waals surface area contributed by atoms with Gasteiger partial charge in [0.2, 0.25) is 0 Å². The minimum absolute atomic E-state index is 0.0124. The minimum Gasteiger partial charge on any atom is -0.497 e. The number of hydrogen-bond donors (Lipinski definition) is 1. The van der Waals surface area contributed by atoms with Crippen LogP contribution in [-0.2, 0) is 4.79 Å². The van der Waals surface area contributed by atoms with E-state index in [1.165, 1.54) is 6.92 Å². The lowest BCUT2D eigenvalue weighted by Gasteiger charge is -2.04. The van der Waals surface area contributed by atoms with Gasteiger partial charge in [-0.1, -0.05) is 6.58 Å². The number of phenolic OH excluding ortho intramolecular Hbond substituents is 1. The van der Waals surface area contributed by atoms with Crippen molar-refractivity contribution in [1.82, 2.24) is 0 Å². The number of phenols is 1. The summed E-state index contributed by atoms with van der Waals surface area (Å²) in [7, 11) is 0. The molecule has 0 heterocycles. The highest BCUT2D eigenvalue weighted by Gasteiger charge is 2.27. The van der Waals surface area contributed by atoms with Crippen molar-refractivity contribution in [1.29, 1.82) is 0 Å². The van der Waals surface area contributed by atoms with Crippen LogP contribution in [0.1, 0.15) is 6.92 Å². The van der Waals surface area contributed by atoms with Gasteiger partial charge in [0.25, 0.3) is 5.75 Å². The largest absolute Gasteiger partial charge is 0.497 e. The normalized spacial score (nSPS) is 9.74. The van der Waals surface area contributed by atoms with Gasteiger partial charge in [0.1, 0.15) is 5.75 Å². The highest BCUT2D eigenvalue weighted by Crippen LogP contribution is 2.39. The fourth-order valence-corrected chi connectivity index (χ4v) is 1.11. The smallest absolute Gasteiger partial charge is 0.338 e. The Bertz CT molecular complexity index is 559. The summed E-state index contributed by atoms with van der Waals surface area (Å²) in [6.45, 7) is 4.63. The Morgan fingerprint density at radius 1 is 1.26 bits per heavy atom. The lowest BCUT2D eigenvalue weighted by Crippen LogP contribution is -2.08. The van der Waals surface area contributed by atoms with Crippen molar-refractivity contribution >= 4 is 17.3 Å². The number of esters is 1. The quantitative estimate of drug-likeness (QED) is 0.288. The van der Waals surface area contributed by atoms with Crippen molar-refractivity contribution in [2.24, 2.45) is 0 Å². The molecule has 0 bridgehead atoms. The number of nitro benzene ring substituents is 2. The molecule has 1 aromatic rings. The standard InChI is InChI=1S/C10H8N2O7/c1-5(2)10(14)19-6-3-7(11(15)16)9(13)8(4-6)12(17)18/h3-4,13H,1H2,2H3. The number of benzene rings is 1. The van der Waals surface area contributed by atoms with Gasteiger partial charge in [-0.15, -0.1) is 0 Å². The zero-order valence-corrected chi connectivity index (χ0v) is 9.65. The number of nitrogens with zero attached hydrogens (tertiary/aromatic N) is 2. The Labute approximate surface area is 106 Å². The molecule has 0 amide bonds. The average molecular weight is 268 g/mol. The van der Waals surface area contributed by atoms with E-state index in [0.717, 1.165) is 0 Å². The molecule has 0 saturated heterocycles. The van der Waals surface area contributed by atoms with Gasteiger partial charge in [-0.05, 0) is 6.92 Å². The van der Waals surface area contributed by atoms with Crippen LogP contribution < -0.4 is 4.74 Å². The second kappa shape index (κ2) is 5.12. The van der Waals surface area contributed by atoms with Crippen molar-refractivity contribution in [2.75, 3.05) is 0 Å². The number of carbonyl (C=O) groups is 1. The molecular weight excluding hydrogens is 260 g/mol. The van der Waals surface area contributed by atoms with E-state index >= 15 is 0 Å². The van der Waals surface area contributed by atoms with E-state index in [0.29, 0.717) is 12.1 Å². The Morgan fingerprint density at radius 2 is 1.68 bits per heavy atom. The molecule has 0 aliphatic heterocycles. The number of rotatable bonds is 4. The Kier molecular flexibility index (Phi) is 3.80. The molecule has 1 N–H and O–H groups in total.